The molecule has 1 saturated carbocycles. The first kappa shape index (κ1) is 18.7. The third-order valence-corrected chi connectivity index (χ3v) is 7.07. The molecule has 1 saturated heterocycles. The number of nitrogens with two attached hydrogens (primary N) is 1. The Labute approximate surface area is 179 Å². The Bertz CT molecular complexity index is 1290. The van der Waals surface area contributed by atoms with Gasteiger partial charge in [-0.3, -0.25) is 0 Å². The van der Waals surface area contributed by atoms with Gasteiger partial charge < -0.3 is 25.3 Å². The van der Waals surface area contributed by atoms with Crippen LogP contribution in [0, 0.1) is 5.41 Å². The van der Waals surface area contributed by atoms with Crippen LogP contribution < -0.4 is 5.73 Å². The number of hydrogen-bond donors (Lipinski definition) is 3. The van der Waals surface area contributed by atoms with Crippen LogP contribution in [-0.4, -0.2) is 43.6 Å². The number of aromatic nitrogens is 3. The number of pyridine rings is 2. The molecule has 7 heteroatoms. The molecule has 1 spiro atoms. The first-order valence-corrected chi connectivity index (χ1v) is 10.6. The van der Waals surface area contributed by atoms with Gasteiger partial charge in [0.2, 0.25) is 0 Å². The normalized spacial score (nSPS) is 30.6. The van der Waals surface area contributed by atoms with E-state index in [9.17, 15) is 10.2 Å². The Kier molecular flexibility index (Phi) is 4.08. The molecule has 4 N–H and O–H groups in total. The number of fused-ring (bicyclic) bond motifs is 2. The van der Waals surface area contributed by atoms with Gasteiger partial charge in [-0.15, -0.1) is 0 Å². The lowest BCUT2D eigenvalue weighted by Gasteiger charge is -2.26. The number of nitrogens with zero attached hydrogens (tertiary/aromatic N) is 3. The zero-order chi connectivity index (χ0) is 21.2. The summed E-state index contributed by atoms with van der Waals surface area (Å²) < 4.78 is 8.17. The molecule has 0 radical (unpaired) electrons. The zero-order valence-corrected chi connectivity index (χ0v) is 16.9. The van der Waals surface area contributed by atoms with Gasteiger partial charge in [0.05, 0.1) is 30.4 Å². The van der Waals surface area contributed by atoms with Gasteiger partial charge in [-0.05, 0) is 54.8 Å². The fraction of sp³-hybridized carbons (Fsp3) is 0.333. The van der Waals surface area contributed by atoms with E-state index in [1.807, 2.05) is 53.2 Å². The summed E-state index contributed by atoms with van der Waals surface area (Å²) in [6.07, 6.45) is 3.07. The monoisotopic (exact) mass is 416 g/mol. The average molecular weight is 416 g/mol. The summed E-state index contributed by atoms with van der Waals surface area (Å²) in [5.41, 5.74) is 8.01. The molecule has 0 bridgehead atoms. The summed E-state index contributed by atoms with van der Waals surface area (Å²) in [5, 5.41) is 24.1. The Balaban J connectivity index is 1.30. The molecule has 1 aliphatic heterocycles. The molecule has 0 unspecified atom stereocenters. The second kappa shape index (κ2) is 6.75. The lowest BCUT2D eigenvalue weighted by Crippen LogP contribution is -2.37. The predicted molar refractivity (Wildman–Crippen MR) is 117 cm³/mol. The van der Waals surface area contributed by atoms with Gasteiger partial charge in [0.15, 0.2) is 0 Å². The van der Waals surface area contributed by atoms with E-state index < -0.39 is 17.6 Å². The largest absolute Gasteiger partial charge is 0.390 e. The maximum absolute atomic E-state index is 11.1. The SMILES string of the molecule is Nc1ccc2ccc([C@@H]3C[C@@]4(CO3)C[C@@H](n3ccc5cccnc53)[C@H](O)[C@@H]4O)cc2n1. The molecule has 1 aliphatic carbocycles. The molecular formula is C24H24N4O3. The lowest BCUT2D eigenvalue weighted by atomic mass is 9.80. The highest BCUT2D eigenvalue weighted by atomic mass is 16.5. The van der Waals surface area contributed by atoms with Crippen molar-refractivity contribution >= 4 is 27.8 Å². The molecule has 4 aromatic rings. The molecule has 0 amide bonds. The van der Waals surface area contributed by atoms with Crippen molar-refractivity contribution in [3.05, 3.63) is 66.5 Å². The van der Waals surface area contributed by atoms with E-state index in [4.69, 9.17) is 10.5 Å². The van der Waals surface area contributed by atoms with Gasteiger partial charge >= 0.3 is 0 Å². The first-order valence-electron chi connectivity index (χ1n) is 10.6. The molecule has 158 valence electrons. The number of hydrogen-bond acceptors (Lipinski definition) is 6. The van der Waals surface area contributed by atoms with Gasteiger partial charge in [-0.1, -0.05) is 12.1 Å². The lowest BCUT2D eigenvalue weighted by molar-refractivity contribution is -0.0309. The maximum atomic E-state index is 11.1. The van der Waals surface area contributed by atoms with E-state index in [2.05, 4.69) is 9.97 Å². The summed E-state index contributed by atoms with van der Waals surface area (Å²) in [4.78, 5) is 8.90. The smallest absolute Gasteiger partial charge is 0.140 e. The van der Waals surface area contributed by atoms with Crippen LogP contribution in [0.25, 0.3) is 21.9 Å². The molecule has 7 nitrogen and oxygen atoms in total. The molecule has 2 fully saturated rings. The van der Waals surface area contributed by atoms with Crippen LogP contribution >= 0.6 is 0 Å². The molecule has 6 rings (SSSR count). The van der Waals surface area contributed by atoms with E-state index in [1.54, 1.807) is 12.3 Å². The van der Waals surface area contributed by atoms with Gasteiger partial charge in [-0.2, -0.15) is 0 Å². The summed E-state index contributed by atoms with van der Waals surface area (Å²) in [6, 6.07) is 15.5. The number of ether oxygens (including phenoxy) is 1. The Morgan fingerprint density at radius 2 is 1.94 bits per heavy atom. The molecule has 2 aliphatic rings. The fourth-order valence-corrected chi connectivity index (χ4v) is 5.41. The van der Waals surface area contributed by atoms with Crippen molar-refractivity contribution in [1.29, 1.82) is 0 Å². The number of aliphatic hydroxyl groups excluding tert-OH is 2. The minimum absolute atomic E-state index is 0.159. The van der Waals surface area contributed by atoms with Crippen LogP contribution in [0.2, 0.25) is 0 Å². The Morgan fingerprint density at radius 1 is 1.06 bits per heavy atom. The third-order valence-electron chi connectivity index (χ3n) is 7.07. The van der Waals surface area contributed by atoms with Crippen molar-refractivity contribution in [3.8, 4) is 0 Å². The number of aliphatic hydroxyl groups is 2. The summed E-state index contributed by atoms with van der Waals surface area (Å²) in [6.45, 7) is 0.404. The van der Waals surface area contributed by atoms with Crippen molar-refractivity contribution in [1.82, 2.24) is 14.5 Å². The quantitative estimate of drug-likeness (QED) is 0.464. The Hall–Kier alpha value is -3.00. The van der Waals surface area contributed by atoms with Crippen molar-refractivity contribution in [2.75, 3.05) is 12.3 Å². The van der Waals surface area contributed by atoms with Crippen LogP contribution in [0.4, 0.5) is 5.82 Å². The standard InChI is InChI=1S/C24H24N4O3/c25-20-6-5-14-3-4-16(10-17(14)27-20)19-12-24(13-31-19)11-18(21(29)22(24)30)28-9-7-15-2-1-8-26-23(15)28/h1-10,18-19,21-22,29-30H,11-13H2,(H2,25,27)/t18-,19+,21+,22+,24-/m1/s1. The highest BCUT2D eigenvalue weighted by molar-refractivity contribution is 5.80. The van der Waals surface area contributed by atoms with Gasteiger partial charge in [0.25, 0.3) is 0 Å². The second-order valence-electron chi connectivity index (χ2n) is 8.90. The number of benzene rings is 1. The summed E-state index contributed by atoms with van der Waals surface area (Å²) >= 11 is 0. The molecule has 3 aromatic heterocycles. The van der Waals surface area contributed by atoms with Crippen molar-refractivity contribution in [2.24, 2.45) is 5.41 Å². The van der Waals surface area contributed by atoms with Crippen molar-refractivity contribution < 1.29 is 14.9 Å². The van der Waals surface area contributed by atoms with Crippen LogP contribution in [0.5, 0.6) is 0 Å². The third kappa shape index (κ3) is 2.85. The van der Waals surface area contributed by atoms with E-state index in [1.165, 1.54) is 0 Å². The molecule has 31 heavy (non-hydrogen) atoms. The highest BCUT2D eigenvalue weighted by Crippen LogP contribution is 2.54. The van der Waals surface area contributed by atoms with Crippen LogP contribution in [0.1, 0.15) is 30.6 Å². The number of anilines is 1. The minimum Gasteiger partial charge on any atom is -0.390 e. The first-order chi connectivity index (χ1) is 15.0. The molecule has 5 atom stereocenters. The van der Waals surface area contributed by atoms with E-state index in [0.29, 0.717) is 25.3 Å². The molecule has 1 aromatic carbocycles. The number of rotatable bonds is 2. The van der Waals surface area contributed by atoms with E-state index in [-0.39, 0.29) is 12.1 Å². The number of nitrogen functional groups attached to an aromatic ring is 1. The summed E-state index contributed by atoms with van der Waals surface area (Å²) in [5.74, 6) is 0.484. The van der Waals surface area contributed by atoms with Gasteiger partial charge in [-0.25, -0.2) is 9.97 Å². The zero-order valence-electron chi connectivity index (χ0n) is 16.9. The van der Waals surface area contributed by atoms with Crippen LogP contribution in [-0.2, 0) is 4.74 Å². The minimum atomic E-state index is -0.877. The predicted octanol–water partition coefficient (Wildman–Crippen LogP) is 2.98. The fourth-order valence-electron chi connectivity index (χ4n) is 5.41. The average Bonchev–Trinajstić information content (AvgIpc) is 3.47. The topological polar surface area (TPSA) is 106 Å². The maximum Gasteiger partial charge on any atom is 0.140 e. The second-order valence-corrected chi connectivity index (χ2v) is 8.90. The van der Waals surface area contributed by atoms with Crippen molar-refractivity contribution in [3.63, 3.8) is 0 Å². The van der Waals surface area contributed by atoms with E-state index in [0.717, 1.165) is 27.5 Å². The van der Waals surface area contributed by atoms with Crippen molar-refractivity contribution in [2.45, 2.75) is 37.2 Å². The van der Waals surface area contributed by atoms with Gasteiger partial charge in [0, 0.05) is 28.6 Å². The Morgan fingerprint density at radius 3 is 2.84 bits per heavy atom. The molecule has 4 heterocycles. The van der Waals surface area contributed by atoms with Crippen LogP contribution in [0.3, 0.4) is 0 Å². The van der Waals surface area contributed by atoms with Crippen LogP contribution in [0.15, 0.2) is 60.9 Å². The van der Waals surface area contributed by atoms with E-state index >= 15 is 0 Å². The molecular weight excluding hydrogens is 392 g/mol. The van der Waals surface area contributed by atoms with Gasteiger partial charge in [0.1, 0.15) is 17.6 Å². The highest BCUT2D eigenvalue weighted by Gasteiger charge is 2.57. The summed E-state index contributed by atoms with van der Waals surface area (Å²) in [7, 11) is 0.